The lowest BCUT2D eigenvalue weighted by atomic mass is 10.1. The number of rotatable bonds is 37. The summed E-state index contributed by atoms with van der Waals surface area (Å²) in [5.41, 5.74) is 4.08. The molecule has 8 fully saturated rings. The van der Waals surface area contributed by atoms with Crippen molar-refractivity contribution in [3.63, 3.8) is 0 Å². The molecular formula is C96H154F3N9O14S. The zero-order valence-corrected chi connectivity index (χ0v) is 75.9. The van der Waals surface area contributed by atoms with Gasteiger partial charge in [-0.05, 0) is 259 Å². The summed E-state index contributed by atoms with van der Waals surface area (Å²) in [6, 6.07) is 15.3. The van der Waals surface area contributed by atoms with E-state index in [4.69, 9.17) is 46.9 Å². The first kappa shape index (κ1) is 106. The number of pyridine rings is 4. The lowest BCUT2D eigenvalue weighted by Gasteiger charge is -2.41. The predicted octanol–water partition coefficient (Wildman–Crippen LogP) is 21.7. The fraction of sp³-hybridized carbons (Fsp3) is 0.698. The molecule has 0 bridgehead atoms. The number of aryl methyl sites for hydroxylation is 1. The Morgan fingerprint density at radius 3 is 1.02 bits per heavy atom. The second-order valence-electron chi connectivity index (χ2n) is 36.4. The van der Waals surface area contributed by atoms with Gasteiger partial charge in [0, 0.05) is 57.1 Å². The standard InChI is InChI=1S/C26H34N2O6S.C19H27FN2O3.C19H28N2O4.C14H19FN2O.2C8H18.2CH4.FH2N/c1-18-5-7-23(8-6-18)35(30,31)33-12-10-19-14-24(19)20-13-22(16-27-15-20)32-17-21-9-11-28(21)25(29)34-26(2,3)4;1-19(2,3)25-18(23)22-7-5-15(22)12-24-16-8-14(10-21-11-16)17-9-13(17)4-6-20;1-19(2,3)25-18(23)21-6-4-15(21)12-24-16-8-14(10-20-11-16)17-9-13(17)5-7-22;15-3-1-10-6-14(10)11-5-13(8-16-7-11)18-9-12-2-4-17-12;2*1-3-5-7-8-6-4-2;;;1-2/h5-8,13,15-16,19,21,24H,9-12,14,17H2,1-4H3;8,10-11,13,15,17H,4-7,9,12H2,1-3H3;8,10-11,13,15,17,22H,4-7,9,12H2,1-3H3;5,7-8,10,12,14,17H,1-4,6,9H2;2*3-8H2,1-2H3;2*1H4;2H2/t19?,21-,24+;2*13?,15-,17+;10?,12-,14+;;;;;/m0000...../s1. The van der Waals surface area contributed by atoms with Crippen LogP contribution in [0.2, 0.25) is 0 Å². The number of nitrogens with two attached hydrogens (primary N) is 1. The molecule has 4 saturated heterocycles. The van der Waals surface area contributed by atoms with Crippen LogP contribution in [0.4, 0.5) is 27.6 Å². The second-order valence-corrected chi connectivity index (χ2v) is 38.0. The zero-order valence-electron chi connectivity index (χ0n) is 75.1. The number of unbranched alkanes of at least 4 members (excludes halogenated alkanes) is 10. The lowest BCUT2D eigenvalue weighted by Crippen LogP contribution is -2.55. The van der Waals surface area contributed by atoms with Gasteiger partial charge in [0.25, 0.3) is 10.1 Å². The van der Waals surface area contributed by atoms with Crippen molar-refractivity contribution in [3.8, 4) is 23.0 Å². The Kier molecular flexibility index (Phi) is 46.3. The number of alkyl halides is 2. The predicted molar refractivity (Wildman–Crippen MR) is 481 cm³/mol. The average Bonchev–Trinajstić information content (AvgIpc) is 1.76. The first-order valence-corrected chi connectivity index (χ1v) is 46.3. The third-order valence-electron chi connectivity index (χ3n) is 22.8. The van der Waals surface area contributed by atoms with E-state index in [2.05, 4.69) is 65.0 Å². The highest BCUT2D eigenvalue weighted by molar-refractivity contribution is 7.86. The number of benzene rings is 1. The van der Waals surface area contributed by atoms with Crippen LogP contribution in [0.15, 0.2) is 103 Å². The smallest absolute Gasteiger partial charge is 0.410 e. The van der Waals surface area contributed by atoms with Crippen molar-refractivity contribution in [1.29, 1.82) is 0 Å². The van der Waals surface area contributed by atoms with Crippen LogP contribution in [0.25, 0.3) is 0 Å². The molecule has 4 saturated carbocycles. The molecule has 4 N–H and O–H groups in total. The van der Waals surface area contributed by atoms with Gasteiger partial charge in [-0.2, -0.15) is 14.4 Å². The van der Waals surface area contributed by atoms with Crippen LogP contribution >= 0.6 is 0 Å². The number of nitrogens with one attached hydrogen (secondary N) is 1. The molecule has 8 aliphatic rings. The number of hydrogen-bond donors (Lipinski definition) is 3. The van der Waals surface area contributed by atoms with Crippen LogP contribution in [0.1, 0.15) is 310 Å². The quantitative estimate of drug-likeness (QED) is 0.0144. The highest BCUT2D eigenvalue weighted by Crippen LogP contribution is 2.53. The maximum atomic E-state index is 12.4. The van der Waals surface area contributed by atoms with E-state index in [1.165, 1.54) is 94.6 Å². The van der Waals surface area contributed by atoms with Gasteiger partial charge < -0.3 is 58.3 Å². The number of aromatic nitrogens is 4. The van der Waals surface area contributed by atoms with E-state index < -0.39 is 26.9 Å². The summed E-state index contributed by atoms with van der Waals surface area (Å²) in [4.78, 5) is 58.9. The molecule has 8 heterocycles. The summed E-state index contributed by atoms with van der Waals surface area (Å²) in [7, 11) is -3.74. The summed E-state index contributed by atoms with van der Waals surface area (Å²) in [5, 5.41) is 12.3. The fourth-order valence-electron chi connectivity index (χ4n) is 14.8. The van der Waals surface area contributed by atoms with Crippen molar-refractivity contribution >= 4 is 28.4 Å². The third kappa shape index (κ3) is 38.3. The Morgan fingerprint density at radius 2 is 0.764 bits per heavy atom. The van der Waals surface area contributed by atoms with Gasteiger partial charge in [-0.1, -0.05) is 137 Å². The molecule has 694 valence electrons. The van der Waals surface area contributed by atoms with Crippen molar-refractivity contribution in [2.45, 2.75) is 335 Å². The van der Waals surface area contributed by atoms with Gasteiger partial charge in [0.1, 0.15) is 66.2 Å². The molecule has 12 atom stereocenters. The number of carbonyl (C=O) groups excluding carboxylic acids is 3. The lowest BCUT2D eigenvalue weighted by molar-refractivity contribution is -0.0149. The normalized spacial score (nSPS) is 22.2. The van der Waals surface area contributed by atoms with Gasteiger partial charge in [-0.3, -0.25) is 32.9 Å². The highest BCUT2D eigenvalue weighted by Gasteiger charge is 2.43. The topological polar surface area (TPSA) is 279 Å². The van der Waals surface area contributed by atoms with E-state index in [-0.39, 0.29) is 82.7 Å². The minimum absolute atomic E-state index is 0. The van der Waals surface area contributed by atoms with Crippen molar-refractivity contribution in [2.75, 3.05) is 79.2 Å². The molecule has 4 aliphatic carbocycles. The van der Waals surface area contributed by atoms with E-state index in [9.17, 15) is 31.6 Å². The Hall–Kier alpha value is -7.59. The van der Waals surface area contributed by atoms with Crippen LogP contribution in [-0.4, -0.2) is 187 Å². The van der Waals surface area contributed by atoms with E-state index in [1.807, 2.05) is 112 Å². The van der Waals surface area contributed by atoms with E-state index in [0.717, 1.165) is 86.1 Å². The Morgan fingerprint density at radius 1 is 0.463 bits per heavy atom. The molecule has 13 rings (SSSR count). The van der Waals surface area contributed by atoms with Crippen molar-refractivity contribution in [3.05, 3.63) is 126 Å². The van der Waals surface area contributed by atoms with Gasteiger partial charge in [0.2, 0.25) is 0 Å². The largest absolute Gasteiger partial charge is 0.490 e. The van der Waals surface area contributed by atoms with E-state index in [0.29, 0.717) is 130 Å². The van der Waals surface area contributed by atoms with Crippen LogP contribution < -0.4 is 30.2 Å². The van der Waals surface area contributed by atoms with E-state index >= 15 is 0 Å². The van der Waals surface area contributed by atoms with Crippen LogP contribution in [0.5, 0.6) is 23.0 Å². The summed E-state index contributed by atoms with van der Waals surface area (Å²) in [5.74, 6) is 9.55. The molecule has 4 unspecified atom stereocenters. The molecule has 5 aromatic rings. The van der Waals surface area contributed by atoms with Gasteiger partial charge in [0.05, 0.1) is 67.8 Å². The molecule has 4 aromatic heterocycles. The van der Waals surface area contributed by atoms with Crippen LogP contribution in [-0.2, 0) is 28.5 Å². The maximum absolute atomic E-state index is 12.4. The molecule has 123 heavy (non-hydrogen) atoms. The van der Waals surface area contributed by atoms with Crippen molar-refractivity contribution in [1.82, 2.24) is 40.0 Å². The van der Waals surface area contributed by atoms with Crippen molar-refractivity contribution < 1.29 is 78.5 Å². The van der Waals surface area contributed by atoms with Gasteiger partial charge in [-0.25, -0.2) is 14.4 Å². The van der Waals surface area contributed by atoms with Crippen LogP contribution in [0.3, 0.4) is 0 Å². The Labute approximate surface area is 736 Å². The molecular weight excluding hydrogens is 1590 g/mol. The van der Waals surface area contributed by atoms with E-state index in [1.54, 1.807) is 63.8 Å². The summed E-state index contributed by atoms with van der Waals surface area (Å²) >= 11 is 0. The number of nitrogens with zero attached hydrogens (tertiary/aromatic N) is 7. The minimum atomic E-state index is -3.74. The molecule has 4 aliphatic heterocycles. The number of halogens is 3. The minimum Gasteiger partial charge on any atom is -0.490 e. The number of amides is 3. The first-order valence-electron chi connectivity index (χ1n) is 44.9. The average molecular weight is 1750 g/mol. The van der Waals surface area contributed by atoms with Crippen molar-refractivity contribution in [2.24, 2.45) is 29.6 Å². The van der Waals surface area contributed by atoms with Gasteiger partial charge >= 0.3 is 18.3 Å². The fourth-order valence-corrected chi connectivity index (χ4v) is 15.7. The number of ether oxygens (including phenoxy) is 7. The third-order valence-corrected chi connectivity index (χ3v) is 24.1. The number of aliphatic hydroxyl groups excluding tert-OH is 1. The van der Waals surface area contributed by atoms with Crippen LogP contribution in [0, 0.1) is 30.6 Å². The number of carbonyl (C=O) groups is 3. The Bertz CT molecular complexity index is 3810. The number of hydrogen-bond acceptors (Lipinski definition) is 20. The SMILES string of the molecule is C.C.CC(C)(C)OC(=O)N1CC[C@H]1COc1cncc([C@@H]2CC2CCF)c1.CC(C)(C)OC(=O)N1CC[C@H]1COc1cncc([C@@H]2CC2CCO)c1.CCCCCCCC.CCCCCCCC.Cc1ccc(S(=O)(=O)OCCC2C[C@H]2c2cncc(OC[C@@H]3CCN3C(=O)OC(C)(C)C)c2)cc1.FCCC1C[C@H]1c1cncc(OC[C@@H]2CCN2)c1.NF. The molecule has 23 nitrogen and oxygen atoms in total. The second kappa shape index (κ2) is 53.8. The summed E-state index contributed by atoms with van der Waals surface area (Å²) < 4.78 is 103. The van der Waals surface area contributed by atoms with Gasteiger partial charge in [0.15, 0.2) is 0 Å². The molecule has 0 radical (unpaired) electrons. The van der Waals surface area contributed by atoms with Gasteiger partial charge in [-0.15, -0.1) is 4.48 Å². The monoisotopic (exact) mass is 1750 g/mol. The molecule has 27 heteroatoms. The highest BCUT2D eigenvalue weighted by atomic mass is 32.2. The first-order chi connectivity index (χ1) is 57.9. The molecule has 1 aromatic carbocycles. The maximum Gasteiger partial charge on any atom is 0.410 e. The number of likely N-dealkylation sites (tertiary alicyclic amines) is 3. The molecule has 3 amide bonds. The Balaban J connectivity index is 0.000000276. The molecule has 0 spiro atoms. The zero-order chi connectivity index (χ0) is 88.1. The number of aliphatic hydroxyl groups is 1. The summed E-state index contributed by atoms with van der Waals surface area (Å²) in [6.45, 7) is 32.8. The summed E-state index contributed by atoms with van der Waals surface area (Å²) in [6.07, 6.45) is 41.3.